The van der Waals surface area contributed by atoms with Gasteiger partial charge in [0.2, 0.25) is 0 Å². The van der Waals surface area contributed by atoms with Crippen molar-refractivity contribution in [2.24, 2.45) is 4.40 Å². The highest BCUT2D eigenvalue weighted by molar-refractivity contribution is 7.90. The first-order valence-electron chi connectivity index (χ1n) is 8.86. The van der Waals surface area contributed by atoms with Gasteiger partial charge < -0.3 is 15.0 Å². The van der Waals surface area contributed by atoms with Crippen molar-refractivity contribution in [2.45, 2.75) is 31.2 Å². The Balaban J connectivity index is 2.00. The van der Waals surface area contributed by atoms with E-state index in [1.807, 2.05) is 6.92 Å². The van der Waals surface area contributed by atoms with Crippen molar-refractivity contribution in [3.05, 3.63) is 58.5 Å². The zero-order chi connectivity index (χ0) is 19.9. The lowest BCUT2D eigenvalue weighted by atomic mass is 10.1. The van der Waals surface area contributed by atoms with E-state index in [2.05, 4.69) is 14.7 Å². The second-order valence-electron chi connectivity index (χ2n) is 6.44. The molecule has 3 aromatic rings. The van der Waals surface area contributed by atoms with Crippen LogP contribution in [0.1, 0.15) is 25.3 Å². The van der Waals surface area contributed by atoms with E-state index in [0.717, 1.165) is 12.8 Å². The number of benzene rings is 1. The fourth-order valence-corrected chi connectivity index (χ4v) is 4.36. The zero-order valence-corrected chi connectivity index (χ0v) is 15.9. The first-order valence-corrected chi connectivity index (χ1v) is 10.3. The van der Waals surface area contributed by atoms with Crippen molar-refractivity contribution in [2.75, 3.05) is 5.32 Å². The van der Waals surface area contributed by atoms with Gasteiger partial charge in [-0.25, -0.2) is 0 Å². The molecule has 2 aromatic heterocycles. The average Bonchev–Trinajstić information content (AvgIpc) is 2.68. The van der Waals surface area contributed by atoms with E-state index in [9.17, 15) is 18.3 Å². The summed E-state index contributed by atoms with van der Waals surface area (Å²) in [6.07, 6.45) is 3.11. The minimum absolute atomic E-state index is 0.0171. The summed E-state index contributed by atoms with van der Waals surface area (Å²) in [6, 6.07) is 9.65. The van der Waals surface area contributed by atoms with Gasteiger partial charge in [-0.3, -0.25) is 9.78 Å². The molecule has 4 rings (SSSR count). The van der Waals surface area contributed by atoms with Crippen LogP contribution in [0.15, 0.2) is 56.7 Å². The van der Waals surface area contributed by atoms with Crippen LogP contribution in [0.4, 0.5) is 5.69 Å². The van der Waals surface area contributed by atoms with Gasteiger partial charge in [0.05, 0.1) is 11.2 Å². The third-order valence-corrected chi connectivity index (χ3v) is 5.93. The molecule has 0 saturated heterocycles. The predicted molar refractivity (Wildman–Crippen MR) is 106 cm³/mol. The third kappa shape index (κ3) is 2.84. The van der Waals surface area contributed by atoms with E-state index in [-0.39, 0.29) is 21.8 Å². The highest BCUT2D eigenvalue weighted by Crippen LogP contribution is 2.31. The lowest BCUT2D eigenvalue weighted by Gasteiger charge is -2.20. The van der Waals surface area contributed by atoms with Gasteiger partial charge in [-0.1, -0.05) is 25.5 Å². The lowest BCUT2D eigenvalue weighted by Crippen LogP contribution is -2.32. The van der Waals surface area contributed by atoms with Gasteiger partial charge in [0.25, 0.3) is 15.6 Å². The monoisotopic (exact) mass is 398 g/mol. The molecule has 0 unspecified atom stereocenters. The number of unbranched alkanes of at least 4 members (excludes halogenated alkanes) is 1. The smallest absolute Gasteiger partial charge is 0.286 e. The number of hydrogen-bond acceptors (Lipinski definition) is 6. The van der Waals surface area contributed by atoms with E-state index in [4.69, 9.17) is 0 Å². The number of pyridine rings is 2. The molecule has 3 heterocycles. The van der Waals surface area contributed by atoms with Gasteiger partial charge in [0.15, 0.2) is 11.6 Å². The van der Waals surface area contributed by atoms with Crippen LogP contribution in [0.5, 0.6) is 5.75 Å². The number of nitrogens with one attached hydrogen (secondary N) is 1. The van der Waals surface area contributed by atoms with Gasteiger partial charge in [0.1, 0.15) is 16.0 Å². The molecule has 1 aliphatic heterocycles. The number of rotatable bonds is 4. The van der Waals surface area contributed by atoms with E-state index in [1.165, 1.54) is 16.8 Å². The Labute approximate surface area is 161 Å². The largest absolute Gasteiger partial charge is 0.505 e. The first kappa shape index (κ1) is 18.2. The fraction of sp³-hybridized carbons (Fsp3) is 0.211. The van der Waals surface area contributed by atoms with Crippen LogP contribution in [0.3, 0.4) is 0 Å². The van der Waals surface area contributed by atoms with Crippen molar-refractivity contribution in [3.8, 4) is 5.75 Å². The topological polar surface area (TPSA) is 114 Å². The Morgan fingerprint density at radius 2 is 1.96 bits per heavy atom. The van der Waals surface area contributed by atoms with Crippen LogP contribution in [-0.2, 0) is 16.6 Å². The van der Waals surface area contributed by atoms with E-state index in [1.54, 1.807) is 30.3 Å². The molecule has 0 spiro atoms. The van der Waals surface area contributed by atoms with E-state index < -0.39 is 21.3 Å². The molecule has 0 bridgehead atoms. The second kappa shape index (κ2) is 6.75. The van der Waals surface area contributed by atoms with Crippen molar-refractivity contribution < 1.29 is 13.5 Å². The normalized spacial score (nSPS) is 15.0. The van der Waals surface area contributed by atoms with Crippen molar-refractivity contribution in [3.63, 3.8) is 0 Å². The number of aromatic hydroxyl groups is 1. The third-order valence-electron chi connectivity index (χ3n) is 4.60. The zero-order valence-electron chi connectivity index (χ0n) is 15.1. The molecule has 0 amide bonds. The van der Waals surface area contributed by atoms with Gasteiger partial charge >= 0.3 is 0 Å². The lowest BCUT2D eigenvalue weighted by molar-refractivity contribution is 0.475. The summed E-state index contributed by atoms with van der Waals surface area (Å²) in [5.74, 6) is -0.604. The Hall–Kier alpha value is -3.20. The number of anilines is 1. The van der Waals surface area contributed by atoms with Crippen molar-refractivity contribution in [1.29, 1.82) is 0 Å². The number of para-hydroxylation sites is 1. The molecule has 8 nitrogen and oxygen atoms in total. The molecule has 0 saturated carbocycles. The first-order chi connectivity index (χ1) is 13.4. The van der Waals surface area contributed by atoms with Crippen LogP contribution in [0.25, 0.3) is 11.0 Å². The average molecular weight is 398 g/mol. The number of sulfonamides is 1. The Morgan fingerprint density at radius 3 is 2.75 bits per heavy atom. The number of nitrogens with zero attached hydrogens (tertiary/aromatic N) is 3. The van der Waals surface area contributed by atoms with Crippen LogP contribution in [-0.4, -0.2) is 28.9 Å². The molecule has 0 atom stereocenters. The predicted octanol–water partition coefficient (Wildman–Crippen LogP) is 2.46. The Morgan fingerprint density at radius 1 is 1.18 bits per heavy atom. The molecule has 1 aliphatic rings. The van der Waals surface area contributed by atoms with Gasteiger partial charge in [-0.05, 0) is 30.7 Å². The number of fused-ring (bicyclic) bond motifs is 2. The molecular formula is C19H18N4O4S. The van der Waals surface area contributed by atoms with Gasteiger partial charge in [-0.2, -0.15) is 8.42 Å². The number of amidine groups is 1. The molecule has 0 radical (unpaired) electrons. The van der Waals surface area contributed by atoms with Crippen molar-refractivity contribution >= 4 is 32.6 Å². The van der Waals surface area contributed by atoms with Crippen LogP contribution in [0.2, 0.25) is 0 Å². The summed E-state index contributed by atoms with van der Waals surface area (Å²) >= 11 is 0. The molecule has 0 aliphatic carbocycles. The minimum atomic E-state index is -4.01. The van der Waals surface area contributed by atoms with Crippen LogP contribution in [0, 0.1) is 0 Å². The van der Waals surface area contributed by atoms with Crippen LogP contribution >= 0.6 is 0 Å². The molecular weight excluding hydrogens is 380 g/mol. The summed E-state index contributed by atoms with van der Waals surface area (Å²) < 4.78 is 30.4. The molecule has 1 aromatic carbocycles. The maximum absolute atomic E-state index is 13.2. The second-order valence-corrected chi connectivity index (χ2v) is 8.01. The van der Waals surface area contributed by atoms with Gasteiger partial charge in [-0.15, -0.1) is 4.40 Å². The standard InChI is InChI=1S/C19H18N4O4S/c1-2-3-11-23-13-8-6-10-20-16(13)17(24)15(19(23)25)18-21-12-7-4-5-9-14(12)28(26,27)22-18/h4-10,24H,2-3,11H2,1H3,(H,21,22). The summed E-state index contributed by atoms with van der Waals surface area (Å²) in [7, 11) is -4.01. The maximum atomic E-state index is 13.2. The summed E-state index contributed by atoms with van der Waals surface area (Å²) in [5.41, 5.74) is 0.274. The number of aromatic nitrogens is 2. The van der Waals surface area contributed by atoms with E-state index >= 15 is 0 Å². The Kier molecular flexibility index (Phi) is 4.38. The minimum Gasteiger partial charge on any atom is -0.505 e. The summed E-state index contributed by atoms with van der Waals surface area (Å²) in [5, 5.41) is 13.6. The van der Waals surface area contributed by atoms with Crippen LogP contribution < -0.4 is 10.9 Å². The highest BCUT2D eigenvalue weighted by Gasteiger charge is 2.29. The molecule has 144 valence electrons. The summed E-state index contributed by atoms with van der Waals surface area (Å²) in [6.45, 7) is 2.42. The quantitative estimate of drug-likeness (QED) is 0.698. The Bertz CT molecular complexity index is 1280. The van der Waals surface area contributed by atoms with Crippen molar-refractivity contribution in [1.82, 2.24) is 9.55 Å². The molecule has 2 N–H and O–H groups in total. The molecule has 28 heavy (non-hydrogen) atoms. The van der Waals surface area contributed by atoms with E-state index in [0.29, 0.717) is 17.7 Å². The molecule has 0 fully saturated rings. The SMILES string of the molecule is CCCCn1c(=O)c(C2=NS(=O)(=O)c3ccccc3N2)c(O)c2ncccc21. The number of aryl methyl sites for hydroxylation is 1. The highest BCUT2D eigenvalue weighted by atomic mass is 32.2. The fourth-order valence-electron chi connectivity index (χ4n) is 3.24. The van der Waals surface area contributed by atoms with Gasteiger partial charge in [0, 0.05) is 12.7 Å². The number of hydrogen-bond donors (Lipinski definition) is 2. The summed E-state index contributed by atoms with van der Waals surface area (Å²) in [4.78, 5) is 17.4. The molecule has 9 heteroatoms. The maximum Gasteiger partial charge on any atom is 0.286 e.